The first-order chi connectivity index (χ1) is 6.97. The summed E-state index contributed by atoms with van der Waals surface area (Å²) in [7, 11) is 0. The highest BCUT2D eigenvalue weighted by Crippen LogP contribution is 2.01. The first-order valence-corrected chi connectivity index (χ1v) is 5.71. The second kappa shape index (κ2) is 5.31. The summed E-state index contributed by atoms with van der Waals surface area (Å²) in [6.45, 7) is 10.8. The van der Waals surface area contributed by atoms with Crippen molar-refractivity contribution < 1.29 is 0 Å². The van der Waals surface area contributed by atoms with E-state index < -0.39 is 0 Å². The summed E-state index contributed by atoms with van der Waals surface area (Å²) < 4.78 is 2.02. The molecule has 0 spiro atoms. The minimum atomic E-state index is 0.238. The average molecular weight is 209 g/mol. The van der Waals surface area contributed by atoms with Crippen LogP contribution in [0.15, 0.2) is 12.4 Å². The Morgan fingerprint density at radius 3 is 2.60 bits per heavy atom. The molecule has 86 valence electrons. The summed E-state index contributed by atoms with van der Waals surface area (Å²) in [6, 6.07) is 0. The maximum absolute atomic E-state index is 4.26. The Bertz CT molecular complexity index is 283. The largest absolute Gasteiger partial charge is 0.312 e. The highest BCUT2D eigenvalue weighted by Gasteiger charge is 2.06. The molecule has 1 N–H and O–H groups in total. The third-order valence-corrected chi connectivity index (χ3v) is 2.23. The maximum atomic E-state index is 4.26. The van der Waals surface area contributed by atoms with Crippen molar-refractivity contribution >= 4 is 0 Å². The smallest absolute Gasteiger partial charge is 0.0518 e. The summed E-state index contributed by atoms with van der Waals surface area (Å²) >= 11 is 0. The SMILES string of the molecule is Cc1cnn(CCCCNC(C)(C)C)c1. The second-order valence-electron chi connectivity index (χ2n) is 5.16. The molecule has 0 radical (unpaired) electrons. The van der Waals surface area contributed by atoms with Crippen LogP contribution in [-0.4, -0.2) is 21.9 Å². The van der Waals surface area contributed by atoms with Crippen LogP contribution in [0.25, 0.3) is 0 Å². The van der Waals surface area contributed by atoms with Gasteiger partial charge in [-0.3, -0.25) is 4.68 Å². The van der Waals surface area contributed by atoms with E-state index in [9.17, 15) is 0 Å². The molecule has 0 saturated carbocycles. The van der Waals surface area contributed by atoms with Gasteiger partial charge in [-0.2, -0.15) is 5.10 Å². The van der Waals surface area contributed by atoms with Crippen LogP contribution < -0.4 is 5.32 Å². The van der Waals surface area contributed by atoms with Crippen LogP contribution >= 0.6 is 0 Å². The summed E-state index contributed by atoms with van der Waals surface area (Å²) in [5.74, 6) is 0. The van der Waals surface area contributed by atoms with Gasteiger partial charge < -0.3 is 5.32 Å². The molecule has 3 nitrogen and oxygen atoms in total. The van der Waals surface area contributed by atoms with E-state index in [-0.39, 0.29) is 5.54 Å². The van der Waals surface area contributed by atoms with Crippen molar-refractivity contribution in [3.63, 3.8) is 0 Å². The Morgan fingerprint density at radius 1 is 1.33 bits per heavy atom. The van der Waals surface area contributed by atoms with E-state index in [4.69, 9.17) is 0 Å². The van der Waals surface area contributed by atoms with Gasteiger partial charge in [0.05, 0.1) is 6.20 Å². The molecular weight excluding hydrogens is 186 g/mol. The Balaban J connectivity index is 2.07. The fraction of sp³-hybridized carbons (Fsp3) is 0.750. The van der Waals surface area contributed by atoms with Crippen molar-refractivity contribution in [1.82, 2.24) is 15.1 Å². The summed E-state index contributed by atoms with van der Waals surface area (Å²) in [6.07, 6.45) is 6.39. The molecule has 0 unspecified atom stereocenters. The van der Waals surface area contributed by atoms with Gasteiger partial charge in [-0.25, -0.2) is 0 Å². The Morgan fingerprint density at radius 2 is 2.07 bits per heavy atom. The molecule has 1 aromatic rings. The normalized spacial score (nSPS) is 12.0. The number of hydrogen-bond acceptors (Lipinski definition) is 2. The molecule has 0 aromatic carbocycles. The minimum absolute atomic E-state index is 0.238. The van der Waals surface area contributed by atoms with Crippen LogP contribution in [0, 0.1) is 6.92 Å². The van der Waals surface area contributed by atoms with Crippen LogP contribution in [0.5, 0.6) is 0 Å². The molecule has 0 saturated heterocycles. The summed E-state index contributed by atoms with van der Waals surface area (Å²) in [4.78, 5) is 0. The van der Waals surface area contributed by atoms with Crippen LogP contribution in [0.1, 0.15) is 39.2 Å². The van der Waals surface area contributed by atoms with Crippen molar-refractivity contribution in [3.8, 4) is 0 Å². The van der Waals surface area contributed by atoms with E-state index in [1.54, 1.807) is 0 Å². The first-order valence-electron chi connectivity index (χ1n) is 5.71. The molecule has 3 heteroatoms. The van der Waals surface area contributed by atoms with Gasteiger partial charge >= 0.3 is 0 Å². The zero-order valence-corrected chi connectivity index (χ0v) is 10.4. The predicted octanol–water partition coefficient (Wildman–Crippen LogP) is 2.36. The van der Waals surface area contributed by atoms with Crippen LogP contribution in [0.2, 0.25) is 0 Å². The number of unbranched alkanes of at least 4 members (excludes halogenated alkanes) is 1. The lowest BCUT2D eigenvalue weighted by atomic mass is 10.1. The number of aromatic nitrogens is 2. The molecule has 0 fully saturated rings. The number of hydrogen-bond donors (Lipinski definition) is 1. The first kappa shape index (κ1) is 12.2. The highest BCUT2D eigenvalue weighted by molar-refractivity contribution is 4.99. The van der Waals surface area contributed by atoms with E-state index in [1.165, 1.54) is 18.4 Å². The van der Waals surface area contributed by atoms with Gasteiger partial charge in [0.15, 0.2) is 0 Å². The fourth-order valence-corrected chi connectivity index (χ4v) is 1.45. The predicted molar refractivity (Wildman–Crippen MR) is 64.0 cm³/mol. The van der Waals surface area contributed by atoms with Gasteiger partial charge in [0.25, 0.3) is 0 Å². The Hall–Kier alpha value is -0.830. The van der Waals surface area contributed by atoms with Crippen molar-refractivity contribution in [2.24, 2.45) is 0 Å². The van der Waals surface area contributed by atoms with Crippen molar-refractivity contribution in [2.75, 3.05) is 6.54 Å². The van der Waals surface area contributed by atoms with Gasteiger partial charge in [-0.1, -0.05) is 0 Å². The van der Waals surface area contributed by atoms with Gasteiger partial charge in [0.2, 0.25) is 0 Å². The molecule has 1 rings (SSSR count). The van der Waals surface area contributed by atoms with Crippen LogP contribution in [0.3, 0.4) is 0 Å². The van der Waals surface area contributed by atoms with Gasteiger partial charge in [0.1, 0.15) is 0 Å². The van der Waals surface area contributed by atoms with Crippen LogP contribution in [-0.2, 0) is 6.54 Å². The van der Waals surface area contributed by atoms with Crippen molar-refractivity contribution in [3.05, 3.63) is 18.0 Å². The second-order valence-corrected chi connectivity index (χ2v) is 5.16. The molecule has 1 aromatic heterocycles. The molecular formula is C12H23N3. The highest BCUT2D eigenvalue weighted by atomic mass is 15.3. The van der Waals surface area contributed by atoms with E-state index in [2.05, 4.69) is 44.3 Å². The third-order valence-electron chi connectivity index (χ3n) is 2.23. The van der Waals surface area contributed by atoms with E-state index >= 15 is 0 Å². The molecule has 1 heterocycles. The molecule has 0 aliphatic heterocycles. The number of nitrogens with one attached hydrogen (secondary N) is 1. The molecule has 0 atom stereocenters. The monoisotopic (exact) mass is 209 g/mol. The lowest BCUT2D eigenvalue weighted by Gasteiger charge is -2.20. The van der Waals surface area contributed by atoms with Crippen molar-refractivity contribution in [1.29, 1.82) is 0 Å². The van der Waals surface area contributed by atoms with Gasteiger partial charge in [-0.05, 0) is 52.6 Å². The third kappa shape index (κ3) is 5.57. The lowest BCUT2D eigenvalue weighted by Crippen LogP contribution is -2.36. The quantitative estimate of drug-likeness (QED) is 0.754. The van der Waals surface area contributed by atoms with Gasteiger partial charge in [-0.15, -0.1) is 0 Å². The molecule has 0 aliphatic carbocycles. The lowest BCUT2D eigenvalue weighted by molar-refractivity contribution is 0.412. The zero-order valence-electron chi connectivity index (χ0n) is 10.4. The van der Waals surface area contributed by atoms with E-state index in [0.29, 0.717) is 0 Å². The zero-order chi connectivity index (χ0) is 11.3. The van der Waals surface area contributed by atoms with Crippen LogP contribution in [0.4, 0.5) is 0 Å². The number of nitrogens with zero attached hydrogens (tertiary/aromatic N) is 2. The fourth-order valence-electron chi connectivity index (χ4n) is 1.45. The topological polar surface area (TPSA) is 29.9 Å². The maximum Gasteiger partial charge on any atom is 0.0518 e. The average Bonchev–Trinajstić information content (AvgIpc) is 2.49. The van der Waals surface area contributed by atoms with Crippen molar-refractivity contribution in [2.45, 2.75) is 52.6 Å². The Kier molecular flexibility index (Phi) is 4.33. The van der Waals surface area contributed by atoms with E-state index in [0.717, 1.165) is 13.1 Å². The molecule has 15 heavy (non-hydrogen) atoms. The Labute approximate surface area is 92.9 Å². The molecule has 0 amide bonds. The molecule has 0 aliphatic rings. The minimum Gasteiger partial charge on any atom is -0.312 e. The summed E-state index contributed by atoms with van der Waals surface area (Å²) in [5.41, 5.74) is 1.48. The summed E-state index contributed by atoms with van der Waals surface area (Å²) in [5, 5.41) is 7.74. The van der Waals surface area contributed by atoms with Gasteiger partial charge in [0, 0.05) is 18.3 Å². The van der Waals surface area contributed by atoms with E-state index in [1.807, 2.05) is 10.9 Å². The number of aryl methyl sites for hydroxylation is 2. The number of rotatable bonds is 5. The standard InChI is InChI=1S/C12H23N3/c1-11-9-14-15(10-11)8-6-5-7-13-12(2,3)4/h9-10,13H,5-8H2,1-4H3. The molecule has 0 bridgehead atoms.